The van der Waals surface area contributed by atoms with E-state index in [1.54, 1.807) is 5.57 Å². The van der Waals surface area contributed by atoms with E-state index in [2.05, 4.69) is 27.7 Å². The molecule has 2 aliphatic carbocycles. The predicted octanol–water partition coefficient (Wildman–Crippen LogP) is 4.05. The molecule has 0 heterocycles. The normalized spacial score (nSPS) is 34.5. The van der Waals surface area contributed by atoms with Gasteiger partial charge in [0.15, 0.2) is 5.78 Å². The van der Waals surface area contributed by atoms with Crippen LogP contribution in [0.15, 0.2) is 22.8 Å². The van der Waals surface area contributed by atoms with Crippen LogP contribution in [-0.4, -0.2) is 5.78 Å². The van der Waals surface area contributed by atoms with Crippen LogP contribution in [0.1, 0.15) is 53.4 Å². The van der Waals surface area contributed by atoms with Gasteiger partial charge in [0.25, 0.3) is 0 Å². The molecule has 1 saturated carbocycles. The van der Waals surface area contributed by atoms with Crippen LogP contribution >= 0.6 is 0 Å². The van der Waals surface area contributed by atoms with Gasteiger partial charge in [-0.05, 0) is 50.5 Å². The number of hydrogen-bond donors (Lipinski definition) is 0. The maximum atomic E-state index is 11.6. The van der Waals surface area contributed by atoms with E-state index in [4.69, 9.17) is 0 Å². The van der Waals surface area contributed by atoms with Gasteiger partial charge in [0.1, 0.15) is 0 Å². The van der Waals surface area contributed by atoms with Gasteiger partial charge in [0.05, 0.1) is 0 Å². The standard InChI is InChI=1S/C15H22O/c1-10(2)12-5-6-13-8-14(16)7-11(3)15(13,4)9-12/h8,11H,5-7,9H2,1-4H3. The number of fused-ring (bicyclic) bond motifs is 1. The Balaban J connectivity index is 2.38. The Morgan fingerprint density at radius 2 is 2.06 bits per heavy atom. The van der Waals surface area contributed by atoms with Crippen molar-refractivity contribution < 1.29 is 4.79 Å². The summed E-state index contributed by atoms with van der Waals surface area (Å²) in [6.07, 6.45) is 6.07. The van der Waals surface area contributed by atoms with Crippen molar-refractivity contribution in [3.63, 3.8) is 0 Å². The minimum absolute atomic E-state index is 0.249. The smallest absolute Gasteiger partial charge is 0.155 e. The molecule has 2 rings (SSSR count). The van der Waals surface area contributed by atoms with E-state index in [1.807, 2.05) is 6.08 Å². The number of rotatable bonds is 0. The summed E-state index contributed by atoms with van der Waals surface area (Å²) < 4.78 is 0. The van der Waals surface area contributed by atoms with Crippen LogP contribution in [0.5, 0.6) is 0 Å². The topological polar surface area (TPSA) is 17.1 Å². The van der Waals surface area contributed by atoms with E-state index in [1.165, 1.54) is 11.1 Å². The molecular formula is C15H22O. The van der Waals surface area contributed by atoms with Gasteiger partial charge in [-0.1, -0.05) is 30.6 Å². The van der Waals surface area contributed by atoms with E-state index < -0.39 is 0 Å². The molecule has 2 atom stereocenters. The van der Waals surface area contributed by atoms with Crippen LogP contribution in [0.3, 0.4) is 0 Å². The lowest BCUT2D eigenvalue weighted by Crippen LogP contribution is -2.36. The highest BCUT2D eigenvalue weighted by Gasteiger charge is 2.41. The third-order valence-electron chi connectivity index (χ3n) is 4.65. The fourth-order valence-corrected chi connectivity index (χ4v) is 3.15. The van der Waals surface area contributed by atoms with Gasteiger partial charge in [-0.2, -0.15) is 0 Å². The Morgan fingerprint density at radius 3 is 2.69 bits per heavy atom. The first-order valence-electron chi connectivity index (χ1n) is 6.32. The molecule has 16 heavy (non-hydrogen) atoms. The van der Waals surface area contributed by atoms with Crippen LogP contribution in [-0.2, 0) is 4.79 Å². The van der Waals surface area contributed by atoms with Crippen molar-refractivity contribution in [3.8, 4) is 0 Å². The van der Waals surface area contributed by atoms with E-state index in [9.17, 15) is 4.79 Å². The van der Waals surface area contributed by atoms with E-state index in [-0.39, 0.29) is 5.41 Å². The quantitative estimate of drug-likeness (QED) is 0.561. The third kappa shape index (κ3) is 1.77. The van der Waals surface area contributed by atoms with Crippen LogP contribution in [0, 0.1) is 11.3 Å². The second-order valence-electron chi connectivity index (χ2n) is 5.94. The van der Waals surface area contributed by atoms with Crippen molar-refractivity contribution in [1.82, 2.24) is 0 Å². The summed E-state index contributed by atoms with van der Waals surface area (Å²) in [5.41, 5.74) is 4.74. The van der Waals surface area contributed by atoms with Crippen molar-refractivity contribution in [2.24, 2.45) is 11.3 Å². The zero-order valence-electron chi connectivity index (χ0n) is 10.9. The first-order valence-corrected chi connectivity index (χ1v) is 6.32. The minimum Gasteiger partial charge on any atom is -0.295 e. The fraction of sp³-hybridized carbons (Fsp3) is 0.667. The molecule has 0 aromatic rings. The average Bonchev–Trinajstić information content (AvgIpc) is 2.19. The number of carbonyl (C=O) groups excluding carboxylic acids is 1. The van der Waals surface area contributed by atoms with Gasteiger partial charge in [-0.15, -0.1) is 0 Å². The highest BCUT2D eigenvalue weighted by Crippen LogP contribution is 2.51. The first-order chi connectivity index (χ1) is 7.43. The Morgan fingerprint density at radius 1 is 1.38 bits per heavy atom. The molecule has 0 aromatic carbocycles. The highest BCUT2D eigenvalue weighted by molar-refractivity contribution is 5.92. The summed E-state index contributed by atoms with van der Waals surface area (Å²) in [7, 11) is 0. The Bertz CT molecular complexity index is 382. The molecule has 0 aromatic heterocycles. The number of hydrogen-bond acceptors (Lipinski definition) is 1. The molecule has 2 unspecified atom stereocenters. The molecule has 1 nitrogen and oxygen atoms in total. The summed E-state index contributed by atoms with van der Waals surface area (Å²) in [6.45, 7) is 9.01. The second kappa shape index (κ2) is 3.87. The zero-order chi connectivity index (χ0) is 11.9. The average molecular weight is 218 g/mol. The maximum Gasteiger partial charge on any atom is 0.155 e. The molecule has 88 valence electrons. The maximum absolute atomic E-state index is 11.6. The lowest BCUT2D eigenvalue weighted by molar-refractivity contribution is -0.117. The van der Waals surface area contributed by atoms with Gasteiger partial charge >= 0.3 is 0 Å². The summed E-state index contributed by atoms with van der Waals surface area (Å²) in [5.74, 6) is 0.829. The van der Waals surface area contributed by atoms with Crippen molar-refractivity contribution in [1.29, 1.82) is 0 Å². The molecule has 0 bridgehead atoms. The molecule has 0 amide bonds. The van der Waals surface area contributed by atoms with Gasteiger partial charge < -0.3 is 0 Å². The van der Waals surface area contributed by atoms with Crippen molar-refractivity contribution in [2.45, 2.75) is 53.4 Å². The molecule has 0 aliphatic heterocycles. The second-order valence-corrected chi connectivity index (χ2v) is 5.94. The van der Waals surface area contributed by atoms with E-state index in [0.29, 0.717) is 11.7 Å². The van der Waals surface area contributed by atoms with Crippen LogP contribution < -0.4 is 0 Å². The van der Waals surface area contributed by atoms with Gasteiger partial charge in [0, 0.05) is 6.42 Å². The lowest BCUT2D eigenvalue weighted by atomic mass is 9.59. The monoisotopic (exact) mass is 218 g/mol. The summed E-state index contributed by atoms with van der Waals surface area (Å²) in [4.78, 5) is 11.6. The highest BCUT2D eigenvalue weighted by atomic mass is 16.1. The minimum atomic E-state index is 0.249. The third-order valence-corrected chi connectivity index (χ3v) is 4.65. The van der Waals surface area contributed by atoms with Crippen LogP contribution in [0.25, 0.3) is 0 Å². The molecule has 1 heteroatoms. The first kappa shape index (κ1) is 11.6. The molecule has 0 radical (unpaired) electrons. The molecule has 0 spiro atoms. The molecule has 1 fully saturated rings. The predicted molar refractivity (Wildman–Crippen MR) is 67.2 cm³/mol. The van der Waals surface area contributed by atoms with E-state index in [0.717, 1.165) is 25.7 Å². The van der Waals surface area contributed by atoms with Crippen molar-refractivity contribution in [3.05, 3.63) is 22.8 Å². The van der Waals surface area contributed by atoms with Crippen LogP contribution in [0.4, 0.5) is 0 Å². The van der Waals surface area contributed by atoms with Gasteiger partial charge in [-0.3, -0.25) is 4.79 Å². The zero-order valence-corrected chi connectivity index (χ0v) is 10.9. The van der Waals surface area contributed by atoms with Gasteiger partial charge in [0.2, 0.25) is 0 Å². The summed E-state index contributed by atoms with van der Waals surface area (Å²) in [6, 6.07) is 0. The molecular weight excluding hydrogens is 196 g/mol. The summed E-state index contributed by atoms with van der Waals surface area (Å²) >= 11 is 0. The van der Waals surface area contributed by atoms with Gasteiger partial charge in [-0.25, -0.2) is 0 Å². The lowest BCUT2D eigenvalue weighted by Gasteiger charge is -2.45. The van der Waals surface area contributed by atoms with Crippen molar-refractivity contribution >= 4 is 5.78 Å². The number of ketones is 1. The van der Waals surface area contributed by atoms with E-state index >= 15 is 0 Å². The number of allylic oxidation sites excluding steroid dienone is 4. The molecule has 0 N–H and O–H groups in total. The molecule has 0 saturated heterocycles. The number of carbonyl (C=O) groups is 1. The Labute approximate surface area is 98.6 Å². The summed E-state index contributed by atoms with van der Waals surface area (Å²) in [5, 5.41) is 0. The largest absolute Gasteiger partial charge is 0.295 e. The van der Waals surface area contributed by atoms with Crippen LogP contribution in [0.2, 0.25) is 0 Å². The Kier molecular flexibility index (Phi) is 2.81. The fourth-order valence-electron chi connectivity index (χ4n) is 3.15. The van der Waals surface area contributed by atoms with Crippen molar-refractivity contribution in [2.75, 3.05) is 0 Å². The Hall–Kier alpha value is -0.850. The SMILES string of the molecule is CC(C)=C1CCC2=CC(=O)CC(C)C2(C)C1. The molecule has 2 aliphatic rings.